The Hall–Kier alpha value is -4.29. The number of amides is 1. The zero-order chi connectivity index (χ0) is 33.2. The van der Waals surface area contributed by atoms with Crippen molar-refractivity contribution in [2.45, 2.75) is 56.5 Å². The summed E-state index contributed by atoms with van der Waals surface area (Å²) in [6.07, 6.45) is -2.73. The van der Waals surface area contributed by atoms with Crippen molar-refractivity contribution in [1.82, 2.24) is 14.5 Å². The fraction of sp³-hybridized carbons (Fsp3) is 0.364. The SMILES string of the molecule is CCC(C(=O)O)c1ccc(OC2CCN(C(=O)C(O)(c3cn(Cc4ccccc4)c4c(Cl)nccc34)C(F)(F)F)CC2)c(OC)c1. The van der Waals surface area contributed by atoms with Crippen molar-refractivity contribution in [1.29, 1.82) is 0 Å². The van der Waals surface area contributed by atoms with E-state index in [0.717, 1.165) is 16.7 Å². The number of carboxylic acids is 1. The number of fused-ring (bicyclic) bond motifs is 1. The van der Waals surface area contributed by atoms with Crippen LogP contribution in [0.3, 0.4) is 0 Å². The van der Waals surface area contributed by atoms with E-state index in [1.54, 1.807) is 49.4 Å². The molecule has 244 valence electrons. The largest absolute Gasteiger partial charge is 0.493 e. The van der Waals surface area contributed by atoms with Crippen LogP contribution in [0.2, 0.25) is 5.15 Å². The van der Waals surface area contributed by atoms with E-state index in [1.807, 2.05) is 6.07 Å². The Morgan fingerprint density at radius 3 is 2.39 bits per heavy atom. The van der Waals surface area contributed by atoms with Crippen molar-refractivity contribution in [2.75, 3.05) is 20.2 Å². The van der Waals surface area contributed by atoms with E-state index < -0.39 is 41.2 Å². The zero-order valence-corrected chi connectivity index (χ0v) is 25.9. The highest BCUT2D eigenvalue weighted by molar-refractivity contribution is 6.34. The highest BCUT2D eigenvalue weighted by Gasteiger charge is 2.63. The molecule has 13 heteroatoms. The number of nitrogens with zero attached hydrogens (tertiary/aromatic N) is 3. The van der Waals surface area contributed by atoms with Gasteiger partial charge in [0, 0.05) is 55.8 Å². The number of rotatable bonds is 10. The minimum absolute atomic E-state index is 0.0360. The smallest absolute Gasteiger partial charge is 0.430 e. The number of carboxylic acid groups (broad SMARTS) is 1. The molecule has 4 aromatic rings. The van der Waals surface area contributed by atoms with Gasteiger partial charge in [0.15, 0.2) is 16.7 Å². The average molecular weight is 660 g/mol. The second kappa shape index (κ2) is 13.2. The maximum absolute atomic E-state index is 14.8. The summed E-state index contributed by atoms with van der Waals surface area (Å²) in [5.41, 5.74) is -3.00. The Labute approximate surface area is 268 Å². The van der Waals surface area contributed by atoms with Gasteiger partial charge in [0.1, 0.15) is 6.10 Å². The summed E-state index contributed by atoms with van der Waals surface area (Å²) in [5, 5.41) is 20.8. The highest BCUT2D eigenvalue weighted by atomic mass is 35.5. The van der Waals surface area contributed by atoms with Crippen molar-refractivity contribution in [3.63, 3.8) is 0 Å². The predicted octanol–water partition coefficient (Wildman–Crippen LogP) is 6.14. The Kier molecular flexibility index (Phi) is 9.50. The van der Waals surface area contributed by atoms with Crippen LogP contribution in [0.25, 0.3) is 10.9 Å². The summed E-state index contributed by atoms with van der Waals surface area (Å²) >= 11 is 6.34. The molecule has 1 saturated heterocycles. The molecule has 2 unspecified atom stereocenters. The number of ether oxygens (including phenoxy) is 2. The molecule has 46 heavy (non-hydrogen) atoms. The molecule has 0 aliphatic carbocycles. The van der Waals surface area contributed by atoms with Crippen molar-refractivity contribution in [3.05, 3.63) is 88.8 Å². The van der Waals surface area contributed by atoms with E-state index in [-0.39, 0.29) is 48.5 Å². The van der Waals surface area contributed by atoms with Gasteiger partial charge in [0.2, 0.25) is 0 Å². The first kappa shape index (κ1) is 33.1. The van der Waals surface area contributed by atoms with Gasteiger partial charge in [-0.1, -0.05) is 54.9 Å². The number of piperidine rings is 1. The first-order chi connectivity index (χ1) is 21.9. The lowest BCUT2D eigenvalue weighted by Crippen LogP contribution is -2.57. The molecule has 2 N–H and O–H groups in total. The third-order valence-electron chi connectivity index (χ3n) is 8.37. The van der Waals surface area contributed by atoms with Crippen LogP contribution in [0.5, 0.6) is 11.5 Å². The van der Waals surface area contributed by atoms with E-state index in [1.165, 1.54) is 23.9 Å². The van der Waals surface area contributed by atoms with Gasteiger partial charge in [-0.2, -0.15) is 13.2 Å². The predicted molar refractivity (Wildman–Crippen MR) is 164 cm³/mol. The van der Waals surface area contributed by atoms with Gasteiger partial charge < -0.3 is 29.2 Å². The first-order valence-corrected chi connectivity index (χ1v) is 15.1. The van der Waals surface area contributed by atoms with Gasteiger partial charge in [0.25, 0.3) is 11.5 Å². The standard InChI is InChI=1S/C33H33ClF3N3O6/c1-3-23(30(41)42)21-9-10-26(27(17-21)45-2)46-22-12-15-39(16-13-22)31(43)32(44,33(35,36)37)25-19-40(18-20-7-5-4-6-8-20)28-24(25)11-14-38-29(28)34/h4-11,14,17,19,22-23,44H,3,12-13,15-16,18H2,1-2H3,(H,41,42). The second-order valence-corrected chi connectivity index (χ2v) is 11.5. The van der Waals surface area contributed by atoms with Gasteiger partial charge in [0.05, 0.1) is 18.5 Å². The van der Waals surface area contributed by atoms with Crippen LogP contribution in [0.4, 0.5) is 13.2 Å². The molecule has 2 aromatic carbocycles. The van der Waals surface area contributed by atoms with Gasteiger partial charge in [-0.15, -0.1) is 0 Å². The Morgan fingerprint density at radius 2 is 1.78 bits per heavy atom. The molecule has 1 aliphatic rings. The fourth-order valence-corrected chi connectivity index (χ4v) is 6.19. The Morgan fingerprint density at radius 1 is 1.09 bits per heavy atom. The number of hydrogen-bond donors (Lipinski definition) is 2. The van der Waals surface area contributed by atoms with E-state index in [4.69, 9.17) is 21.1 Å². The molecule has 0 radical (unpaired) electrons. The molecule has 3 heterocycles. The molecule has 0 bridgehead atoms. The summed E-state index contributed by atoms with van der Waals surface area (Å²) in [6, 6.07) is 15.1. The van der Waals surface area contributed by atoms with Crippen molar-refractivity contribution >= 4 is 34.4 Å². The minimum atomic E-state index is -5.36. The molecule has 0 spiro atoms. The summed E-state index contributed by atoms with van der Waals surface area (Å²) < 4.78 is 57.5. The van der Waals surface area contributed by atoms with Crippen molar-refractivity contribution in [2.24, 2.45) is 0 Å². The monoisotopic (exact) mass is 659 g/mol. The van der Waals surface area contributed by atoms with Crippen LogP contribution in [-0.2, 0) is 21.7 Å². The normalized spacial score (nSPS) is 16.2. The lowest BCUT2D eigenvalue weighted by Gasteiger charge is -2.38. The van der Waals surface area contributed by atoms with Crippen molar-refractivity contribution in [3.8, 4) is 11.5 Å². The van der Waals surface area contributed by atoms with E-state index in [2.05, 4.69) is 4.98 Å². The van der Waals surface area contributed by atoms with Crippen LogP contribution in [0.1, 0.15) is 48.8 Å². The van der Waals surface area contributed by atoms with Crippen LogP contribution >= 0.6 is 11.6 Å². The molecule has 2 aromatic heterocycles. The number of halogens is 4. The number of benzene rings is 2. The Balaban J connectivity index is 1.39. The van der Waals surface area contributed by atoms with Gasteiger partial charge in [-0.05, 0) is 35.7 Å². The lowest BCUT2D eigenvalue weighted by molar-refractivity contribution is -0.261. The Bertz CT molecular complexity index is 1720. The quantitative estimate of drug-likeness (QED) is 0.197. The average Bonchev–Trinajstić information content (AvgIpc) is 3.41. The second-order valence-electron chi connectivity index (χ2n) is 11.2. The molecular weight excluding hydrogens is 627 g/mol. The number of aromatic nitrogens is 2. The number of hydrogen-bond acceptors (Lipinski definition) is 6. The lowest BCUT2D eigenvalue weighted by atomic mass is 9.90. The van der Waals surface area contributed by atoms with E-state index in [9.17, 15) is 33.0 Å². The number of methoxy groups -OCH3 is 1. The van der Waals surface area contributed by atoms with Crippen LogP contribution in [0, 0.1) is 0 Å². The zero-order valence-electron chi connectivity index (χ0n) is 25.1. The summed E-state index contributed by atoms with van der Waals surface area (Å²) in [7, 11) is 1.42. The minimum Gasteiger partial charge on any atom is -0.493 e. The molecular formula is C33H33ClF3N3O6. The maximum atomic E-state index is 14.8. The van der Waals surface area contributed by atoms with E-state index >= 15 is 0 Å². The number of aliphatic hydroxyl groups is 1. The molecule has 5 rings (SSSR count). The summed E-state index contributed by atoms with van der Waals surface area (Å²) in [4.78, 5) is 30.3. The number of carbonyl (C=O) groups is 2. The van der Waals surface area contributed by atoms with Crippen LogP contribution in [-0.4, -0.2) is 69.0 Å². The van der Waals surface area contributed by atoms with E-state index in [0.29, 0.717) is 23.5 Å². The third-order valence-corrected chi connectivity index (χ3v) is 8.64. The maximum Gasteiger partial charge on any atom is 0.430 e. The van der Waals surface area contributed by atoms with Gasteiger partial charge in [-0.25, -0.2) is 4.98 Å². The number of pyridine rings is 1. The van der Waals surface area contributed by atoms with Crippen molar-refractivity contribution < 1.29 is 42.4 Å². The third kappa shape index (κ3) is 6.23. The van der Waals surface area contributed by atoms with Gasteiger partial charge in [-0.3, -0.25) is 9.59 Å². The fourth-order valence-electron chi connectivity index (χ4n) is 5.93. The number of carbonyl (C=O) groups excluding carboxylic acids is 1. The number of alkyl halides is 3. The molecule has 1 fully saturated rings. The topological polar surface area (TPSA) is 114 Å². The number of likely N-dealkylation sites (tertiary alicyclic amines) is 1. The summed E-state index contributed by atoms with van der Waals surface area (Å²) in [5.74, 6) is -2.51. The molecule has 1 amide bonds. The van der Waals surface area contributed by atoms with Crippen LogP contribution < -0.4 is 9.47 Å². The molecule has 1 aliphatic heterocycles. The highest BCUT2D eigenvalue weighted by Crippen LogP contribution is 2.45. The molecule has 0 saturated carbocycles. The van der Waals surface area contributed by atoms with Crippen LogP contribution in [0.15, 0.2) is 67.0 Å². The van der Waals surface area contributed by atoms with Gasteiger partial charge >= 0.3 is 12.1 Å². The summed E-state index contributed by atoms with van der Waals surface area (Å²) in [6.45, 7) is 1.68. The first-order valence-electron chi connectivity index (χ1n) is 14.7. The number of aliphatic carboxylic acids is 1. The molecule has 9 nitrogen and oxygen atoms in total. The molecule has 2 atom stereocenters.